The normalized spacial score (nSPS) is 15.2. The van der Waals surface area contributed by atoms with Crippen LogP contribution in [-0.4, -0.2) is 24.7 Å². The Balaban J connectivity index is 1.57. The summed E-state index contributed by atoms with van der Waals surface area (Å²) < 4.78 is 11.1. The van der Waals surface area contributed by atoms with E-state index in [2.05, 4.69) is 55.2 Å². The van der Waals surface area contributed by atoms with Gasteiger partial charge >= 0.3 is 0 Å². The van der Waals surface area contributed by atoms with Gasteiger partial charge in [-0.2, -0.15) is 0 Å². The van der Waals surface area contributed by atoms with Crippen molar-refractivity contribution in [1.82, 2.24) is 10.3 Å². The molecule has 0 saturated heterocycles. The van der Waals surface area contributed by atoms with Gasteiger partial charge in [-0.15, -0.1) is 11.3 Å². The Kier molecular flexibility index (Phi) is 6.44. The van der Waals surface area contributed by atoms with Gasteiger partial charge in [-0.3, -0.25) is 0 Å². The molecule has 0 spiro atoms. The van der Waals surface area contributed by atoms with Gasteiger partial charge in [0.25, 0.3) is 0 Å². The molecular weight excluding hydrogens is 404 g/mol. The van der Waals surface area contributed by atoms with E-state index in [9.17, 15) is 0 Å². The summed E-state index contributed by atoms with van der Waals surface area (Å²) in [6, 6.07) is 13.3. The van der Waals surface area contributed by atoms with Crippen molar-refractivity contribution in [3.8, 4) is 26.8 Å². The molecule has 0 radical (unpaired) electrons. The second-order valence-corrected chi connectivity index (χ2v) is 9.30. The SMILES string of the molecule is C=C(CN[C@H]1CCc2c(-c3cnc(-c4ccc(OC(C)C)c(C)c4)s3)cccc21)OC. The Hall–Kier alpha value is -2.63. The summed E-state index contributed by atoms with van der Waals surface area (Å²) in [5, 5.41) is 4.61. The number of nitrogens with one attached hydrogen (secondary N) is 1. The zero-order valence-electron chi connectivity index (χ0n) is 18.7. The first-order valence-corrected chi connectivity index (χ1v) is 11.6. The summed E-state index contributed by atoms with van der Waals surface area (Å²) in [4.78, 5) is 5.96. The molecule has 162 valence electrons. The highest BCUT2D eigenvalue weighted by Crippen LogP contribution is 2.41. The van der Waals surface area contributed by atoms with Crippen molar-refractivity contribution in [2.24, 2.45) is 0 Å². The Bertz CT molecular complexity index is 1090. The van der Waals surface area contributed by atoms with Crippen molar-refractivity contribution < 1.29 is 9.47 Å². The highest BCUT2D eigenvalue weighted by molar-refractivity contribution is 7.18. The smallest absolute Gasteiger partial charge is 0.123 e. The van der Waals surface area contributed by atoms with Crippen molar-refractivity contribution in [2.45, 2.75) is 45.8 Å². The molecule has 1 heterocycles. The topological polar surface area (TPSA) is 43.4 Å². The van der Waals surface area contributed by atoms with Crippen LogP contribution >= 0.6 is 11.3 Å². The van der Waals surface area contributed by atoms with Crippen LogP contribution in [0.4, 0.5) is 0 Å². The lowest BCUT2D eigenvalue weighted by molar-refractivity contribution is 0.241. The molecule has 0 fully saturated rings. The Morgan fingerprint density at radius 1 is 1.29 bits per heavy atom. The molecule has 1 aromatic heterocycles. The minimum Gasteiger partial charge on any atom is -0.500 e. The van der Waals surface area contributed by atoms with Gasteiger partial charge in [-0.25, -0.2) is 4.98 Å². The summed E-state index contributed by atoms with van der Waals surface area (Å²) in [6.45, 7) is 10.8. The molecule has 0 unspecified atom stereocenters. The minimum absolute atomic E-state index is 0.169. The molecule has 1 atom stereocenters. The molecule has 5 heteroatoms. The van der Waals surface area contributed by atoms with E-state index in [1.807, 2.05) is 20.0 Å². The van der Waals surface area contributed by atoms with Gasteiger partial charge in [0, 0.05) is 17.8 Å². The second-order valence-electron chi connectivity index (χ2n) is 8.26. The number of hydrogen-bond donors (Lipinski definition) is 1. The zero-order valence-corrected chi connectivity index (χ0v) is 19.5. The maximum absolute atomic E-state index is 5.88. The molecule has 31 heavy (non-hydrogen) atoms. The van der Waals surface area contributed by atoms with Crippen molar-refractivity contribution in [2.75, 3.05) is 13.7 Å². The molecule has 1 aliphatic carbocycles. The lowest BCUT2D eigenvalue weighted by atomic mass is 10.0. The highest BCUT2D eigenvalue weighted by Gasteiger charge is 2.25. The van der Waals surface area contributed by atoms with E-state index in [0.29, 0.717) is 12.6 Å². The molecule has 1 aliphatic rings. The lowest BCUT2D eigenvalue weighted by Gasteiger charge is -2.15. The van der Waals surface area contributed by atoms with Crippen molar-refractivity contribution >= 4 is 11.3 Å². The predicted molar refractivity (Wildman–Crippen MR) is 129 cm³/mol. The lowest BCUT2D eigenvalue weighted by Crippen LogP contribution is -2.22. The van der Waals surface area contributed by atoms with Crippen LogP contribution in [0.25, 0.3) is 21.0 Å². The standard InChI is InChI=1S/C26H30N2O2S/c1-16(2)30-24-12-9-19(13-17(24)3)26-28-15-25(31-26)22-8-6-7-21-20(22)10-11-23(21)27-14-18(4)29-5/h6-9,12-13,15-16,23,27H,4,10-11,14H2,1-3,5H3/t23-/m0/s1. The largest absolute Gasteiger partial charge is 0.500 e. The molecular formula is C26H30N2O2S. The average Bonchev–Trinajstić information content (AvgIpc) is 3.40. The van der Waals surface area contributed by atoms with Gasteiger partial charge in [-0.05, 0) is 74.1 Å². The van der Waals surface area contributed by atoms with E-state index in [1.54, 1.807) is 18.4 Å². The van der Waals surface area contributed by atoms with E-state index >= 15 is 0 Å². The fourth-order valence-corrected chi connectivity index (χ4v) is 5.07. The maximum atomic E-state index is 5.88. The number of hydrogen-bond acceptors (Lipinski definition) is 5. The minimum atomic E-state index is 0.169. The van der Waals surface area contributed by atoms with Gasteiger partial charge in [0.05, 0.1) is 24.6 Å². The molecule has 0 aliphatic heterocycles. The van der Waals surface area contributed by atoms with Crippen LogP contribution in [0.3, 0.4) is 0 Å². The summed E-state index contributed by atoms with van der Waals surface area (Å²) in [5.41, 5.74) is 6.37. The molecule has 0 bridgehead atoms. The van der Waals surface area contributed by atoms with Crippen LogP contribution in [-0.2, 0) is 11.2 Å². The number of methoxy groups -OCH3 is 1. The van der Waals surface area contributed by atoms with Gasteiger partial charge in [0.2, 0.25) is 0 Å². The van der Waals surface area contributed by atoms with E-state index < -0.39 is 0 Å². The zero-order chi connectivity index (χ0) is 22.0. The van der Waals surface area contributed by atoms with Crippen molar-refractivity contribution in [1.29, 1.82) is 0 Å². The van der Waals surface area contributed by atoms with Crippen LogP contribution in [0.2, 0.25) is 0 Å². The van der Waals surface area contributed by atoms with Crippen molar-refractivity contribution in [3.05, 3.63) is 71.6 Å². The number of fused-ring (bicyclic) bond motifs is 1. The fourth-order valence-electron chi connectivity index (χ4n) is 4.11. The predicted octanol–water partition coefficient (Wildman–Crippen LogP) is 6.31. The maximum Gasteiger partial charge on any atom is 0.123 e. The Morgan fingerprint density at radius 3 is 2.87 bits per heavy atom. The third-order valence-electron chi connectivity index (χ3n) is 5.66. The van der Waals surface area contributed by atoms with Gasteiger partial charge in [0.1, 0.15) is 16.5 Å². The fraction of sp³-hybridized carbons (Fsp3) is 0.346. The van der Waals surface area contributed by atoms with Gasteiger partial charge in [-0.1, -0.05) is 24.8 Å². The number of aromatic nitrogens is 1. The summed E-state index contributed by atoms with van der Waals surface area (Å²) >= 11 is 1.75. The third kappa shape index (κ3) is 4.68. The monoisotopic (exact) mass is 434 g/mol. The summed E-state index contributed by atoms with van der Waals surface area (Å²) in [5.74, 6) is 1.70. The molecule has 0 amide bonds. The summed E-state index contributed by atoms with van der Waals surface area (Å²) in [7, 11) is 1.67. The Labute approximate surface area is 189 Å². The Morgan fingerprint density at radius 2 is 2.13 bits per heavy atom. The molecule has 4 rings (SSSR count). The molecule has 0 saturated carbocycles. The first kappa shape index (κ1) is 21.6. The van der Waals surface area contributed by atoms with Crippen LogP contribution in [0.1, 0.15) is 43.0 Å². The number of ether oxygens (including phenoxy) is 2. The number of benzene rings is 2. The second kappa shape index (κ2) is 9.25. The van der Waals surface area contributed by atoms with Gasteiger partial charge < -0.3 is 14.8 Å². The van der Waals surface area contributed by atoms with E-state index in [1.165, 1.54) is 21.6 Å². The number of nitrogens with zero attached hydrogens (tertiary/aromatic N) is 1. The number of rotatable bonds is 8. The first-order valence-electron chi connectivity index (χ1n) is 10.8. The number of thiazole rings is 1. The quantitative estimate of drug-likeness (QED) is 0.422. The van der Waals surface area contributed by atoms with Crippen LogP contribution in [0, 0.1) is 6.92 Å². The van der Waals surface area contributed by atoms with E-state index in [0.717, 1.165) is 40.5 Å². The van der Waals surface area contributed by atoms with Crippen LogP contribution in [0.15, 0.2) is 54.9 Å². The van der Waals surface area contributed by atoms with Crippen molar-refractivity contribution in [3.63, 3.8) is 0 Å². The summed E-state index contributed by atoms with van der Waals surface area (Å²) in [6.07, 6.45) is 4.33. The molecule has 1 N–H and O–H groups in total. The number of aryl methyl sites for hydroxylation is 1. The average molecular weight is 435 g/mol. The molecule has 2 aromatic carbocycles. The third-order valence-corrected chi connectivity index (χ3v) is 6.74. The highest BCUT2D eigenvalue weighted by atomic mass is 32.1. The molecule has 4 nitrogen and oxygen atoms in total. The molecule has 3 aromatic rings. The van der Waals surface area contributed by atoms with Crippen LogP contribution in [0.5, 0.6) is 5.75 Å². The first-order chi connectivity index (χ1) is 15.0. The van der Waals surface area contributed by atoms with Crippen LogP contribution < -0.4 is 10.1 Å². The van der Waals surface area contributed by atoms with E-state index in [4.69, 9.17) is 14.5 Å². The van der Waals surface area contributed by atoms with E-state index in [-0.39, 0.29) is 6.10 Å². The van der Waals surface area contributed by atoms with Gasteiger partial charge in [0.15, 0.2) is 0 Å².